The molecule has 6 heteroatoms. The van der Waals surface area contributed by atoms with Gasteiger partial charge in [0.05, 0.1) is 6.42 Å². The fourth-order valence-corrected chi connectivity index (χ4v) is 4.34. The molecule has 0 saturated carbocycles. The Bertz CT molecular complexity index is 1050. The lowest BCUT2D eigenvalue weighted by atomic mass is 9.81. The van der Waals surface area contributed by atoms with Crippen molar-refractivity contribution in [1.29, 1.82) is 0 Å². The van der Waals surface area contributed by atoms with Crippen LogP contribution in [0.2, 0.25) is 0 Å². The van der Waals surface area contributed by atoms with Gasteiger partial charge in [-0.1, -0.05) is 84.4 Å². The van der Waals surface area contributed by atoms with Gasteiger partial charge in [-0.05, 0) is 41.5 Å². The summed E-state index contributed by atoms with van der Waals surface area (Å²) in [7, 11) is 0. The van der Waals surface area contributed by atoms with Crippen molar-refractivity contribution in [3.05, 3.63) is 47.5 Å². The Morgan fingerprint density at radius 3 is 2.18 bits per heavy atom. The quantitative estimate of drug-likeness (QED) is 0.315. The fraction of sp³-hybridized carbons (Fsp3) is 0.519. The molecule has 1 unspecified atom stereocenters. The zero-order valence-electron chi connectivity index (χ0n) is 20.3. The third-order valence-electron chi connectivity index (χ3n) is 6.22. The summed E-state index contributed by atoms with van der Waals surface area (Å²) in [6.07, 6.45) is 7.86. The second kappa shape index (κ2) is 10.8. The summed E-state index contributed by atoms with van der Waals surface area (Å²) < 4.78 is 0. The highest BCUT2D eigenvalue weighted by Gasteiger charge is 2.26. The summed E-state index contributed by atoms with van der Waals surface area (Å²) in [5.41, 5.74) is 3.35. The minimum absolute atomic E-state index is 0.0667. The van der Waals surface area contributed by atoms with Gasteiger partial charge in [0.25, 0.3) is 0 Å². The Balaban J connectivity index is 1.99. The summed E-state index contributed by atoms with van der Waals surface area (Å²) in [6, 6.07) is 11.4. The number of rotatable bonds is 11. The topological polar surface area (TPSA) is 88.2 Å². The number of nitrogens with zero attached hydrogens (tertiary/aromatic N) is 3. The van der Waals surface area contributed by atoms with Gasteiger partial charge in [0.2, 0.25) is 0 Å². The standard InChI is InChI=1S/C27H37N3O3/c1-5-6-7-8-9-10-13-19(18-25(31)32)20-16-21(27(2,3)4)26(33)24(17-20)30-28-22-14-11-12-15-23(22)29-30/h11-12,14-17,19,33H,5-10,13,18H2,1-4H3,(H,31,32). The largest absolute Gasteiger partial charge is 0.505 e. The molecule has 0 spiro atoms. The molecule has 0 radical (unpaired) electrons. The summed E-state index contributed by atoms with van der Waals surface area (Å²) in [5.74, 6) is -0.792. The molecule has 33 heavy (non-hydrogen) atoms. The monoisotopic (exact) mass is 451 g/mol. The molecule has 0 amide bonds. The van der Waals surface area contributed by atoms with Crippen LogP contribution in [-0.4, -0.2) is 31.2 Å². The summed E-state index contributed by atoms with van der Waals surface area (Å²) >= 11 is 0. The Labute approximate surface area is 196 Å². The number of hydrogen-bond donors (Lipinski definition) is 2. The fourth-order valence-electron chi connectivity index (χ4n) is 4.34. The maximum atomic E-state index is 11.7. The second-order valence-electron chi connectivity index (χ2n) is 10.0. The molecule has 6 nitrogen and oxygen atoms in total. The molecule has 3 rings (SSSR count). The highest BCUT2D eigenvalue weighted by atomic mass is 16.4. The Morgan fingerprint density at radius 2 is 1.61 bits per heavy atom. The predicted molar refractivity (Wildman–Crippen MR) is 132 cm³/mol. The first-order valence-corrected chi connectivity index (χ1v) is 12.1. The predicted octanol–water partition coefficient (Wildman–Crippen LogP) is 6.73. The SMILES string of the molecule is CCCCCCCCC(CC(=O)O)c1cc(-n2nc3ccccc3n2)c(O)c(C(C)(C)C)c1. The first kappa shape index (κ1) is 24.7. The van der Waals surface area contributed by atoms with Gasteiger partial charge in [0.15, 0.2) is 0 Å². The third kappa shape index (κ3) is 6.34. The molecule has 2 aromatic carbocycles. The van der Waals surface area contributed by atoms with Crippen LogP contribution in [0.3, 0.4) is 0 Å². The van der Waals surface area contributed by atoms with Crippen LogP contribution in [-0.2, 0) is 10.2 Å². The second-order valence-corrected chi connectivity index (χ2v) is 10.0. The number of aromatic nitrogens is 3. The van der Waals surface area contributed by atoms with Crippen LogP contribution in [0.15, 0.2) is 36.4 Å². The molecular weight excluding hydrogens is 414 g/mol. The number of unbranched alkanes of at least 4 members (excludes halogenated alkanes) is 5. The first-order valence-electron chi connectivity index (χ1n) is 12.1. The van der Waals surface area contributed by atoms with Gasteiger partial charge in [-0.2, -0.15) is 0 Å². The highest BCUT2D eigenvalue weighted by Crippen LogP contribution is 2.39. The number of phenols is 1. The van der Waals surface area contributed by atoms with Crippen LogP contribution in [0.5, 0.6) is 5.75 Å². The number of phenolic OH excluding ortho intramolecular Hbond substituents is 1. The van der Waals surface area contributed by atoms with Crippen LogP contribution in [0, 0.1) is 0 Å². The number of benzene rings is 2. The molecular formula is C27H37N3O3. The van der Waals surface area contributed by atoms with Crippen LogP contribution in [0.25, 0.3) is 16.7 Å². The Morgan fingerprint density at radius 1 is 1.00 bits per heavy atom. The molecule has 0 saturated heterocycles. The van der Waals surface area contributed by atoms with E-state index in [1.807, 2.05) is 57.2 Å². The van der Waals surface area contributed by atoms with E-state index >= 15 is 0 Å². The Hall–Kier alpha value is -2.89. The van der Waals surface area contributed by atoms with Gasteiger partial charge >= 0.3 is 5.97 Å². The number of carbonyl (C=O) groups is 1. The molecule has 0 aliphatic heterocycles. The van der Waals surface area contributed by atoms with Crippen molar-refractivity contribution in [3.8, 4) is 11.4 Å². The molecule has 0 aliphatic rings. The number of aliphatic carboxylic acids is 1. The van der Waals surface area contributed by atoms with Crippen molar-refractivity contribution < 1.29 is 15.0 Å². The molecule has 178 valence electrons. The minimum atomic E-state index is -0.805. The molecule has 1 atom stereocenters. The lowest BCUT2D eigenvalue weighted by Crippen LogP contribution is -2.16. The molecule has 0 aliphatic carbocycles. The number of carboxylic acids is 1. The van der Waals surface area contributed by atoms with Gasteiger partial charge in [0.1, 0.15) is 22.5 Å². The van der Waals surface area contributed by atoms with E-state index in [1.54, 1.807) is 0 Å². The van der Waals surface area contributed by atoms with Gasteiger partial charge in [0, 0.05) is 5.56 Å². The average molecular weight is 452 g/mol. The summed E-state index contributed by atoms with van der Waals surface area (Å²) in [4.78, 5) is 13.2. The molecule has 1 aromatic heterocycles. The van der Waals surface area contributed by atoms with Crippen molar-refractivity contribution >= 4 is 17.0 Å². The highest BCUT2D eigenvalue weighted by molar-refractivity contribution is 5.74. The zero-order valence-corrected chi connectivity index (χ0v) is 20.3. The number of aromatic hydroxyl groups is 1. The van der Waals surface area contributed by atoms with Crippen molar-refractivity contribution in [1.82, 2.24) is 15.0 Å². The van der Waals surface area contributed by atoms with Crippen molar-refractivity contribution in [2.24, 2.45) is 0 Å². The van der Waals surface area contributed by atoms with Crippen LogP contribution >= 0.6 is 0 Å². The van der Waals surface area contributed by atoms with Crippen LogP contribution in [0.4, 0.5) is 0 Å². The summed E-state index contributed by atoms with van der Waals surface area (Å²) in [6.45, 7) is 8.34. The average Bonchev–Trinajstić information content (AvgIpc) is 3.18. The van der Waals surface area contributed by atoms with Crippen molar-refractivity contribution in [2.45, 2.75) is 90.4 Å². The van der Waals surface area contributed by atoms with Gasteiger partial charge < -0.3 is 10.2 Å². The molecule has 3 aromatic rings. The maximum absolute atomic E-state index is 11.7. The van der Waals surface area contributed by atoms with E-state index in [4.69, 9.17) is 0 Å². The lowest BCUT2D eigenvalue weighted by molar-refractivity contribution is -0.137. The molecule has 2 N–H and O–H groups in total. The van der Waals surface area contributed by atoms with Crippen molar-refractivity contribution in [2.75, 3.05) is 0 Å². The van der Waals surface area contributed by atoms with E-state index in [0.717, 1.165) is 41.4 Å². The van der Waals surface area contributed by atoms with E-state index < -0.39 is 5.97 Å². The van der Waals surface area contributed by atoms with Gasteiger partial charge in [-0.15, -0.1) is 15.0 Å². The van der Waals surface area contributed by atoms with Crippen molar-refractivity contribution in [3.63, 3.8) is 0 Å². The number of fused-ring (bicyclic) bond motifs is 1. The first-order chi connectivity index (χ1) is 15.7. The number of carboxylic acid groups (broad SMARTS) is 1. The van der Waals surface area contributed by atoms with Crippen LogP contribution in [0.1, 0.15) is 96.1 Å². The molecule has 1 heterocycles. The molecule has 0 fully saturated rings. The van der Waals surface area contributed by atoms with E-state index in [1.165, 1.54) is 30.5 Å². The normalized spacial score (nSPS) is 12.8. The van der Waals surface area contributed by atoms with Gasteiger partial charge in [-0.25, -0.2) is 0 Å². The summed E-state index contributed by atoms with van der Waals surface area (Å²) in [5, 5.41) is 29.9. The van der Waals surface area contributed by atoms with E-state index in [9.17, 15) is 15.0 Å². The molecule has 0 bridgehead atoms. The zero-order chi connectivity index (χ0) is 24.0. The Kier molecular flexibility index (Phi) is 8.11. The number of hydrogen-bond acceptors (Lipinski definition) is 4. The van der Waals surface area contributed by atoms with Crippen LogP contribution < -0.4 is 0 Å². The van der Waals surface area contributed by atoms with E-state index in [-0.39, 0.29) is 23.5 Å². The third-order valence-corrected chi connectivity index (χ3v) is 6.22. The van der Waals surface area contributed by atoms with E-state index in [2.05, 4.69) is 17.1 Å². The van der Waals surface area contributed by atoms with E-state index in [0.29, 0.717) is 5.69 Å². The minimum Gasteiger partial charge on any atom is -0.505 e. The van der Waals surface area contributed by atoms with Gasteiger partial charge in [-0.3, -0.25) is 4.79 Å². The lowest BCUT2D eigenvalue weighted by Gasteiger charge is -2.25. The smallest absolute Gasteiger partial charge is 0.303 e. The maximum Gasteiger partial charge on any atom is 0.303 e.